The molecule has 0 amide bonds. The number of para-hydroxylation sites is 1. The van der Waals surface area contributed by atoms with Gasteiger partial charge >= 0.3 is 0 Å². The van der Waals surface area contributed by atoms with E-state index in [0.717, 1.165) is 0 Å². The molecular formula is C20H18O6. The van der Waals surface area contributed by atoms with Gasteiger partial charge in [-0.3, -0.25) is 14.4 Å². The largest absolute Gasteiger partial charge is 0.507 e. The van der Waals surface area contributed by atoms with E-state index in [1.807, 2.05) is 0 Å². The quantitative estimate of drug-likeness (QED) is 0.607. The maximum absolute atomic E-state index is 12.3. The fourth-order valence-electron chi connectivity index (χ4n) is 2.69. The lowest BCUT2D eigenvalue weighted by Crippen LogP contribution is -2.16. The van der Waals surface area contributed by atoms with E-state index in [-0.39, 0.29) is 42.1 Å². The third-order valence-corrected chi connectivity index (χ3v) is 4.06. The molecule has 0 aromatic heterocycles. The normalized spacial score (nSPS) is 12.5. The fraction of sp³-hybridized carbons (Fsp3) is 0.250. The molecule has 0 fully saturated rings. The smallest absolute Gasteiger partial charge is 0.173 e. The SMILES string of the molecule is O=C(CCC(=O)c1ccc2c(c1)OCCO2)CC(=O)c1ccccc1O. The number of ketones is 3. The van der Waals surface area contributed by atoms with Crippen LogP contribution in [0.4, 0.5) is 0 Å². The summed E-state index contributed by atoms with van der Waals surface area (Å²) < 4.78 is 10.8. The molecule has 0 aliphatic carbocycles. The van der Waals surface area contributed by atoms with Crippen molar-refractivity contribution in [3.8, 4) is 17.2 Å². The molecule has 134 valence electrons. The van der Waals surface area contributed by atoms with Crippen molar-refractivity contribution in [2.45, 2.75) is 19.3 Å². The first-order chi connectivity index (χ1) is 12.5. The second-order valence-electron chi connectivity index (χ2n) is 5.94. The second-order valence-corrected chi connectivity index (χ2v) is 5.94. The van der Waals surface area contributed by atoms with Crippen LogP contribution in [0.3, 0.4) is 0 Å². The number of carbonyl (C=O) groups is 3. The number of fused-ring (bicyclic) bond motifs is 1. The zero-order chi connectivity index (χ0) is 18.5. The minimum atomic E-state index is -0.458. The van der Waals surface area contributed by atoms with Gasteiger partial charge in [0.15, 0.2) is 23.1 Å². The van der Waals surface area contributed by atoms with E-state index >= 15 is 0 Å². The van der Waals surface area contributed by atoms with Gasteiger partial charge in [0.2, 0.25) is 0 Å². The summed E-state index contributed by atoms with van der Waals surface area (Å²) in [5, 5.41) is 9.65. The van der Waals surface area contributed by atoms with Crippen molar-refractivity contribution in [3.05, 3.63) is 53.6 Å². The van der Waals surface area contributed by atoms with E-state index in [2.05, 4.69) is 0 Å². The van der Waals surface area contributed by atoms with Gasteiger partial charge in [0, 0.05) is 18.4 Å². The van der Waals surface area contributed by atoms with Crippen LogP contribution in [-0.2, 0) is 4.79 Å². The second kappa shape index (κ2) is 7.82. The molecule has 6 nitrogen and oxygen atoms in total. The molecule has 1 aliphatic rings. The average Bonchev–Trinajstić information content (AvgIpc) is 2.66. The zero-order valence-corrected chi connectivity index (χ0v) is 14.1. The highest BCUT2D eigenvalue weighted by Gasteiger charge is 2.18. The van der Waals surface area contributed by atoms with Gasteiger partial charge in [0.05, 0.1) is 12.0 Å². The van der Waals surface area contributed by atoms with Crippen LogP contribution in [0.25, 0.3) is 0 Å². The molecule has 0 saturated carbocycles. The summed E-state index contributed by atoms with van der Waals surface area (Å²) in [7, 11) is 0. The Morgan fingerprint density at radius 3 is 2.38 bits per heavy atom. The number of rotatable bonds is 7. The first-order valence-corrected chi connectivity index (χ1v) is 8.30. The molecule has 0 bridgehead atoms. The Labute approximate surface area is 150 Å². The van der Waals surface area contributed by atoms with Crippen molar-refractivity contribution in [2.24, 2.45) is 0 Å². The summed E-state index contributed by atoms with van der Waals surface area (Å²) in [5.74, 6) is -0.0488. The van der Waals surface area contributed by atoms with Crippen LogP contribution in [0.15, 0.2) is 42.5 Å². The number of aromatic hydroxyl groups is 1. The molecule has 0 radical (unpaired) electrons. The Morgan fingerprint density at radius 2 is 1.62 bits per heavy atom. The van der Waals surface area contributed by atoms with E-state index in [4.69, 9.17) is 9.47 Å². The summed E-state index contributed by atoms with van der Waals surface area (Å²) in [6.07, 6.45) is -0.370. The molecule has 6 heteroatoms. The molecule has 0 spiro atoms. The summed E-state index contributed by atoms with van der Waals surface area (Å²) >= 11 is 0. The molecule has 1 heterocycles. The summed E-state index contributed by atoms with van der Waals surface area (Å²) in [4.78, 5) is 36.3. The highest BCUT2D eigenvalue weighted by atomic mass is 16.6. The summed E-state index contributed by atoms with van der Waals surface area (Å²) in [6, 6.07) is 11.0. The minimum Gasteiger partial charge on any atom is -0.507 e. The summed E-state index contributed by atoms with van der Waals surface area (Å²) in [5.41, 5.74) is 0.549. The van der Waals surface area contributed by atoms with E-state index in [1.54, 1.807) is 30.3 Å². The lowest BCUT2D eigenvalue weighted by molar-refractivity contribution is -0.118. The van der Waals surface area contributed by atoms with Crippen molar-refractivity contribution >= 4 is 17.3 Å². The first kappa shape index (κ1) is 17.7. The molecule has 1 N–H and O–H groups in total. The predicted octanol–water partition coefficient (Wildman–Crippen LogP) is 2.97. The zero-order valence-electron chi connectivity index (χ0n) is 14.1. The molecule has 0 saturated heterocycles. The van der Waals surface area contributed by atoms with Gasteiger partial charge in [0.25, 0.3) is 0 Å². The number of phenols is 1. The number of hydrogen-bond donors (Lipinski definition) is 1. The molecule has 1 aliphatic heterocycles. The minimum absolute atomic E-state index is 0.00648. The summed E-state index contributed by atoms with van der Waals surface area (Å²) in [6.45, 7) is 0.900. The van der Waals surface area contributed by atoms with Crippen LogP contribution < -0.4 is 9.47 Å². The monoisotopic (exact) mass is 354 g/mol. The highest BCUT2D eigenvalue weighted by Crippen LogP contribution is 2.31. The Hall–Kier alpha value is -3.15. The van der Waals surface area contributed by atoms with Crippen molar-refractivity contribution < 1.29 is 29.0 Å². The standard InChI is InChI=1S/C20H18O6/c21-14(12-18(24)15-3-1-2-4-17(15)23)6-7-16(22)13-5-8-19-20(11-13)26-10-9-25-19/h1-5,8,11,23H,6-7,9-10,12H2. The topological polar surface area (TPSA) is 89.9 Å². The lowest BCUT2D eigenvalue weighted by atomic mass is 10.00. The van der Waals surface area contributed by atoms with Gasteiger partial charge in [-0.2, -0.15) is 0 Å². The molecular weight excluding hydrogens is 336 g/mol. The Kier molecular flexibility index (Phi) is 5.31. The third kappa shape index (κ3) is 4.08. The van der Waals surface area contributed by atoms with Crippen LogP contribution in [0, 0.1) is 0 Å². The number of phenolic OH excluding ortho intramolecular Hbond substituents is 1. The third-order valence-electron chi connectivity index (χ3n) is 4.06. The van der Waals surface area contributed by atoms with Gasteiger partial charge in [-0.25, -0.2) is 0 Å². The van der Waals surface area contributed by atoms with Gasteiger partial charge in [0.1, 0.15) is 24.7 Å². The van der Waals surface area contributed by atoms with Crippen molar-refractivity contribution in [1.82, 2.24) is 0 Å². The first-order valence-electron chi connectivity index (χ1n) is 8.30. The van der Waals surface area contributed by atoms with Gasteiger partial charge in [-0.1, -0.05) is 12.1 Å². The van der Waals surface area contributed by atoms with E-state index in [0.29, 0.717) is 30.3 Å². The number of Topliss-reactive ketones (excluding diaryl/α,β-unsaturated/α-hetero) is 3. The lowest BCUT2D eigenvalue weighted by Gasteiger charge is -2.18. The van der Waals surface area contributed by atoms with Gasteiger partial charge < -0.3 is 14.6 Å². The fourth-order valence-corrected chi connectivity index (χ4v) is 2.69. The Morgan fingerprint density at radius 1 is 0.885 bits per heavy atom. The van der Waals surface area contributed by atoms with Crippen molar-refractivity contribution in [2.75, 3.05) is 13.2 Å². The molecule has 0 atom stereocenters. The molecule has 3 rings (SSSR count). The molecule has 2 aromatic carbocycles. The van der Waals surface area contributed by atoms with E-state index < -0.39 is 5.78 Å². The van der Waals surface area contributed by atoms with Gasteiger partial charge in [-0.05, 0) is 30.3 Å². The number of ether oxygens (including phenoxy) is 2. The number of carbonyl (C=O) groups excluding carboxylic acids is 3. The highest BCUT2D eigenvalue weighted by molar-refractivity contribution is 6.10. The maximum Gasteiger partial charge on any atom is 0.173 e. The van der Waals surface area contributed by atoms with Crippen molar-refractivity contribution in [3.63, 3.8) is 0 Å². The molecule has 2 aromatic rings. The molecule has 0 unspecified atom stereocenters. The average molecular weight is 354 g/mol. The van der Waals surface area contributed by atoms with E-state index in [9.17, 15) is 19.5 Å². The van der Waals surface area contributed by atoms with Crippen LogP contribution in [-0.4, -0.2) is 35.7 Å². The Balaban J connectivity index is 1.55. The van der Waals surface area contributed by atoms with Crippen LogP contribution >= 0.6 is 0 Å². The molecule has 26 heavy (non-hydrogen) atoms. The van der Waals surface area contributed by atoms with Gasteiger partial charge in [-0.15, -0.1) is 0 Å². The van der Waals surface area contributed by atoms with Crippen molar-refractivity contribution in [1.29, 1.82) is 0 Å². The van der Waals surface area contributed by atoms with E-state index in [1.165, 1.54) is 12.1 Å². The number of benzene rings is 2. The predicted molar refractivity (Wildman–Crippen MR) is 93.1 cm³/mol. The maximum atomic E-state index is 12.3. The van der Waals surface area contributed by atoms with Crippen LogP contribution in [0.2, 0.25) is 0 Å². The Bertz CT molecular complexity index is 855. The number of hydrogen-bond acceptors (Lipinski definition) is 6. The van der Waals surface area contributed by atoms with Crippen LogP contribution in [0.5, 0.6) is 17.2 Å². The van der Waals surface area contributed by atoms with Crippen LogP contribution in [0.1, 0.15) is 40.0 Å².